The van der Waals surface area contributed by atoms with Crippen LogP contribution >= 0.6 is 0 Å². The van der Waals surface area contributed by atoms with Crippen LogP contribution in [0.1, 0.15) is 37.4 Å². The zero-order valence-electron chi connectivity index (χ0n) is 17.9. The number of rotatable bonds is 6. The number of fused-ring (bicyclic) bond motifs is 1. The number of anilines is 1. The zero-order chi connectivity index (χ0) is 22.1. The highest BCUT2D eigenvalue weighted by Gasteiger charge is 2.35. The third-order valence-electron chi connectivity index (χ3n) is 4.99. The molecule has 1 aliphatic rings. The van der Waals surface area contributed by atoms with Crippen molar-refractivity contribution in [2.24, 2.45) is 0 Å². The molecule has 0 fully saturated rings. The topological polar surface area (TPSA) is 84.9 Å². The van der Waals surface area contributed by atoms with Gasteiger partial charge >= 0.3 is 0 Å². The number of ether oxygens (including phenoxy) is 2. The second-order valence-corrected chi connectivity index (χ2v) is 10.1. The van der Waals surface area contributed by atoms with Crippen molar-refractivity contribution in [1.82, 2.24) is 5.32 Å². The number of sulfonamides is 1. The van der Waals surface area contributed by atoms with Gasteiger partial charge in [-0.3, -0.25) is 9.10 Å². The SMILES string of the molecule is COc1ccc2c(c1)[C@@H](NC(=O)CN(c1cccc(C)c1)S(C)(=O)=O)CC(C)(C)O2. The first kappa shape index (κ1) is 22.0. The molecule has 0 spiro atoms. The first-order valence-corrected chi connectivity index (χ1v) is 11.5. The van der Waals surface area contributed by atoms with E-state index in [1.54, 1.807) is 25.3 Å². The highest BCUT2D eigenvalue weighted by atomic mass is 32.2. The molecule has 0 saturated heterocycles. The van der Waals surface area contributed by atoms with Gasteiger partial charge in [0, 0.05) is 12.0 Å². The molecule has 2 aromatic carbocycles. The minimum absolute atomic E-state index is 0.306. The number of hydrogen-bond acceptors (Lipinski definition) is 5. The summed E-state index contributed by atoms with van der Waals surface area (Å²) >= 11 is 0. The van der Waals surface area contributed by atoms with Gasteiger partial charge in [0.05, 0.1) is 25.1 Å². The zero-order valence-corrected chi connectivity index (χ0v) is 18.7. The maximum atomic E-state index is 12.9. The van der Waals surface area contributed by atoms with Crippen molar-refractivity contribution in [3.8, 4) is 11.5 Å². The van der Waals surface area contributed by atoms with E-state index in [0.29, 0.717) is 23.6 Å². The van der Waals surface area contributed by atoms with Crippen molar-refractivity contribution in [1.29, 1.82) is 0 Å². The molecule has 7 nitrogen and oxygen atoms in total. The van der Waals surface area contributed by atoms with E-state index in [9.17, 15) is 13.2 Å². The molecular formula is C22H28N2O5S. The first-order valence-electron chi connectivity index (χ1n) is 9.69. The van der Waals surface area contributed by atoms with E-state index in [4.69, 9.17) is 9.47 Å². The molecular weight excluding hydrogens is 404 g/mol. The molecule has 2 aromatic rings. The molecule has 30 heavy (non-hydrogen) atoms. The molecule has 1 amide bonds. The van der Waals surface area contributed by atoms with Crippen molar-refractivity contribution in [2.75, 3.05) is 24.2 Å². The fourth-order valence-electron chi connectivity index (χ4n) is 3.64. The van der Waals surface area contributed by atoms with Gasteiger partial charge in [0.2, 0.25) is 15.9 Å². The fraction of sp³-hybridized carbons (Fsp3) is 0.409. The van der Waals surface area contributed by atoms with Crippen LogP contribution in [0.3, 0.4) is 0 Å². The second-order valence-electron chi connectivity index (χ2n) is 8.20. The molecule has 1 heterocycles. The van der Waals surface area contributed by atoms with Gasteiger partial charge in [0.15, 0.2) is 0 Å². The Morgan fingerprint density at radius 2 is 2.00 bits per heavy atom. The lowest BCUT2D eigenvalue weighted by Crippen LogP contribution is -2.45. The van der Waals surface area contributed by atoms with Crippen molar-refractivity contribution in [3.05, 3.63) is 53.6 Å². The maximum Gasteiger partial charge on any atom is 0.241 e. The van der Waals surface area contributed by atoms with Crippen LogP contribution in [0.25, 0.3) is 0 Å². The number of aryl methyl sites for hydroxylation is 1. The highest BCUT2D eigenvalue weighted by Crippen LogP contribution is 2.41. The average Bonchev–Trinajstić information content (AvgIpc) is 2.64. The average molecular weight is 433 g/mol. The van der Waals surface area contributed by atoms with Gasteiger partial charge in [-0.1, -0.05) is 12.1 Å². The third kappa shape index (κ3) is 5.05. The number of nitrogens with zero attached hydrogens (tertiary/aromatic N) is 1. The minimum Gasteiger partial charge on any atom is -0.497 e. The summed E-state index contributed by atoms with van der Waals surface area (Å²) in [6.45, 7) is 5.47. The normalized spacial score (nSPS) is 17.4. The van der Waals surface area contributed by atoms with E-state index in [-0.39, 0.29) is 12.6 Å². The van der Waals surface area contributed by atoms with Gasteiger partial charge in [-0.15, -0.1) is 0 Å². The van der Waals surface area contributed by atoms with Crippen molar-refractivity contribution < 1.29 is 22.7 Å². The van der Waals surface area contributed by atoms with Gasteiger partial charge in [-0.2, -0.15) is 0 Å². The summed E-state index contributed by atoms with van der Waals surface area (Å²) in [7, 11) is -2.06. The predicted molar refractivity (Wildman–Crippen MR) is 117 cm³/mol. The molecule has 0 aromatic heterocycles. The summed E-state index contributed by atoms with van der Waals surface area (Å²) in [4.78, 5) is 12.9. The van der Waals surface area contributed by atoms with Gasteiger partial charge in [0.1, 0.15) is 23.6 Å². The van der Waals surface area contributed by atoms with Crippen LogP contribution in [0.2, 0.25) is 0 Å². The van der Waals surface area contributed by atoms with Crippen LogP contribution in [0.4, 0.5) is 5.69 Å². The van der Waals surface area contributed by atoms with Crippen molar-refractivity contribution in [3.63, 3.8) is 0 Å². The van der Waals surface area contributed by atoms with Gasteiger partial charge < -0.3 is 14.8 Å². The molecule has 162 valence electrons. The Kier molecular flexibility index (Phi) is 5.99. The minimum atomic E-state index is -3.64. The standard InChI is InChI=1S/C22H28N2O5S/c1-15-7-6-8-16(11-15)24(30(5,26)27)14-21(25)23-19-13-22(2,3)29-20-10-9-17(28-4)12-18(19)20/h6-12,19H,13-14H2,1-5H3,(H,23,25)/t19-/m0/s1. The number of carbonyl (C=O) groups is 1. The van der Waals surface area contributed by atoms with Crippen molar-refractivity contribution >= 4 is 21.6 Å². The van der Waals surface area contributed by atoms with E-state index in [0.717, 1.165) is 21.7 Å². The number of carbonyl (C=O) groups excluding carboxylic acids is 1. The molecule has 8 heteroatoms. The molecule has 1 atom stereocenters. The van der Waals surface area contributed by atoms with E-state index in [1.807, 2.05) is 45.0 Å². The van der Waals surface area contributed by atoms with Crippen LogP contribution < -0.4 is 19.1 Å². The molecule has 0 bridgehead atoms. The van der Waals surface area contributed by atoms with E-state index < -0.39 is 21.5 Å². The lowest BCUT2D eigenvalue weighted by atomic mass is 9.89. The Balaban J connectivity index is 1.86. The quantitative estimate of drug-likeness (QED) is 0.758. The van der Waals surface area contributed by atoms with Crippen LogP contribution in [0.15, 0.2) is 42.5 Å². The number of nitrogens with one attached hydrogen (secondary N) is 1. The van der Waals surface area contributed by atoms with Gasteiger partial charge in [-0.25, -0.2) is 8.42 Å². The smallest absolute Gasteiger partial charge is 0.241 e. The molecule has 1 aliphatic heterocycles. The Morgan fingerprint density at radius 1 is 1.27 bits per heavy atom. The summed E-state index contributed by atoms with van der Waals surface area (Å²) in [6, 6.07) is 12.2. The first-order chi connectivity index (χ1) is 14.0. The third-order valence-corrected chi connectivity index (χ3v) is 6.13. The largest absolute Gasteiger partial charge is 0.497 e. The Hall–Kier alpha value is -2.74. The van der Waals surface area contributed by atoms with Crippen LogP contribution in [0, 0.1) is 6.92 Å². The Bertz CT molecular complexity index is 1050. The maximum absolute atomic E-state index is 12.9. The van der Waals surface area contributed by atoms with E-state index in [2.05, 4.69) is 5.32 Å². The van der Waals surface area contributed by atoms with Gasteiger partial charge in [0.25, 0.3) is 0 Å². The van der Waals surface area contributed by atoms with Gasteiger partial charge in [-0.05, 0) is 56.7 Å². The monoisotopic (exact) mass is 432 g/mol. The Morgan fingerprint density at radius 3 is 2.63 bits per heavy atom. The van der Waals surface area contributed by atoms with Crippen LogP contribution in [-0.2, 0) is 14.8 Å². The summed E-state index contributed by atoms with van der Waals surface area (Å²) in [6.07, 6.45) is 1.64. The van der Waals surface area contributed by atoms with E-state index >= 15 is 0 Å². The number of amides is 1. The fourth-order valence-corrected chi connectivity index (χ4v) is 4.49. The number of hydrogen-bond donors (Lipinski definition) is 1. The molecule has 0 aliphatic carbocycles. The van der Waals surface area contributed by atoms with Crippen molar-refractivity contribution in [2.45, 2.75) is 38.8 Å². The molecule has 3 rings (SSSR count). The second kappa shape index (κ2) is 8.18. The van der Waals surface area contributed by atoms with Crippen LogP contribution in [-0.4, -0.2) is 39.8 Å². The lowest BCUT2D eigenvalue weighted by molar-refractivity contribution is -0.120. The summed E-state index contributed by atoms with van der Waals surface area (Å²) in [5.74, 6) is 0.947. The summed E-state index contributed by atoms with van der Waals surface area (Å²) in [5.41, 5.74) is 1.70. The highest BCUT2D eigenvalue weighted by molar-refractivity contribution is 7.92. The predicted octanol–water partition coefficient (Wildman–Crippen LogP) is 3.19. The number of benzene rings is 2. The Labute approximate surface area is 178 Å². The molecule has 0 saturated carbocycles. The molecule has 0 unspecified atom stereocenters. The lowest BCUT2D eigenvalue weighted by Gasteiger charge is -2.38. The number of methoxy groups -OCH3 is 1. The van der Waals surface area contributed by atoms with E-state index in [1.165, 1.54) is 0 Å². The van der Waals surface area contributed by atoms with Crippen LogP contribution in [0.5, 0.6) is 11.5 Å². The molecule has 0 radical (unpaired) electrons. The summed E-state index contributed by atoms with van der Waals surface area (Å²) in [5, 5.41) is 2.99. The molecule has 1 N–H and O–H groups in total. The summed E-state index contributed by atoms with van der Waals surface area (Å²) < 4.78 is 37.2.